The average molecular weight is 500 g/mol. The molecule has 1 aliphatic heterocycles. The molecule has 1 aromatic heterocycles. The molecule has 1 spiro atoms. The number of para-hydroxylation sites is 1. The van der Waals surface area contributed by atoms with Gasteiger partial charge >= 0.3 is 0 Å². The van der Waals surface area contributed by atoms with Crippen LogP contribution in [-0.2, 0) is 4.79 Å². The predicted molar refractivity (Wildman–Crippen MR) is 129 cm³/mol. The van der Waals surface area contributed by atoms with Crippen LogP contribution in [0.25, 0.3) is 10.9 Å². The average Bonchev–Trinajstić information content (AvgIpc) is 3.17. The molecule has 5 rings (SSSR count). The first-order valence-electron chi connectivity index (χ1n) is 11.5. The molecule has 1 saturated heterocycles. The third-order valence-electron chi connectivity index (χ3n) is 7.20. The number of methoxy groups -OCH3 is 1. The highest BCUT2D eigenvalue weighted by molar-refractivity contribution is 6.34. The molecule has 2 heterocycles. The first kappa shape index (κ1) is 23.5. The summed E-state index contributed by atoms with van der Waals surface area (Å²) in [6, 6.07) is 10.9. The number of hydrogen-bond donors (Lipinski definition) is 1. The molecule has 182 valence electrons. The summed E-state index contributed by atoms with van der Waals surface area (Å²) in [6.45, 7) is 0.390. The van der Waals surface area contributed by atoms with Gasteiger partial charge in [-0.25, -0.2) is 13.8 Å². The van der Waals surface area contributed by atoms with Gasteiger partial charge in [0.2, 0.25) is 5.91 Å². The van der Waals surface area contributed by atoms with Gasteiger partial charge in [0.15, 0.2) is 11.6 Å². The zero-order chi connectivity index (χ0) is 24.7. The number of benzene rings is 2. The summed E-state index contributed by atoms with van der Waals surface area (Å²) in [4.78, 5) is 32.2. The Morgan fingerprint density at radius 2 is 1.86 bits per heavy atom. The maximum absolute atomic E-state index is 13.8. The minimum absolute atomic E-state index is 0.00793. The van der Waals surface area contributed by atoms with E-state index in [1.165, 1.54) is 4.90 Å². The third-order valence-corrected chi connectivity index (χ3v) is 7.50. The number of anilines is 1. The van der Waals surface area contributed by atoms with Crippen molar-refractivity contribution in [2.24, 2.45) is 5.41 Å². The second-order valence-electron chi connectivity index (χ2n) is 9.18. The molecule has 0 bridgehead atoms. The fraction of sp³-hybridized carbons (Fsp3) is 0.346. The second kappa shape index (κ2) is 9.07. The molecule has 0 atom stereocenters. The molecule has 9 heteroatoms. The molecule has 0 radical (unpaired) electrons. The standard InChI is InChI=1S/C26H24ClF2N3O3/c1-35-23-14-21(31-20-5-3-2-4-16(20)23)24(33)30-15-6-8-26(9-7-15)10-11-32(25(26)34)22-13-19(29)18(28)12-17(22)27/h2-5,12-15H,6-11H2,1H3,(H,30,33)/t15-,26-. The van der Waals surface area contributed by atoms with Crippen LogP contribution in [0.5, 0.6) is 5.75 Å². The van der Waals surface area contributed by atoms with Crippen LogP contribution in [0.4, 0.5) is 14.5 Å². The molecule has 6 nitrogen and oxygen atoms in total. The number of halogens is 3. The number of fused-ring (bicyclic) bond motifs is 1. The van der Waals surface area contributed by atoms with E-state index in [9.17, 15) is 18.4 Å². The van der Waals surface area contributed by atoms with Crippen LogP contribution in [0.1, 0.15) is 42.6 Å². The Hall–Kier alpha value is -3.26. The summed E-state index contributed by atoms with van der Waals surface area (Å²) in [5, 5.41) is 3.88. The van der Waals surface area contributed by atoms with E-state index in [0.29, 0.717) is 49.9 Å². The predicted octanol–water partition coefficient (Wildman–Crippen LogP) is 5.27. The Balaban J connectivity index is 1.26. The Kier molecular flexibility index (Phi) is 6.09. The molecule has 2 aliphatic rings. The van der Waals surface area contributed by atoms with Crippen molar-refractivity contribution in [1.29, 1.82) is 0 Å². The van der Waals surface area contributed by atoms with Gasteiger partial charge in [0.25, 0.3) is 5.91 Å². The lowest BCUT2D eigenvalue weighted by Crippen LogP contribution is -2.44. The van der Waals surface area contributed by atoms with E-state index < -0.39 is 17.0 Å². The fourth-order valence-electron chi connectivity index (χ4n) is 5.24. The lowest BCUT2D eigenvalue weighted by atomic mass is 9.71. The lowest BCUT2D eigenvalue weighted by Gasteiger charge is -2.36. The van der Waals surface area contributed by atoms with E-state index in [1.54, 1.807) is 13.2 Å². The lowest BCUT2D eigenvalue weighted by molar-refractivity contribution is -0.127. The van der Waals surface area contributed by atoms with E-state index in [1.807, 2.05) is 24.3 Å². The Morgan fingerprint density at radius 3 is 2.60 bits per heavy atom. The van der Waals surface area contributed by atoms with E-state index in [0.717, 1.165) is 17.5 Å². The van der Waals surface area contributed by atoms with Gasteiger partial charge in [-0.3, -0.25) is 9.59 Å². The van der Waals surface area contributed by atoms with Crippen LogP contribution in [0.3, 0.4) is 0 Å². The summed E-state index contributed by atoms with van der Waals surface area (Å²) in [5.41, 5.74) is 0.558. The number of hydrogen-bond acceptors (Lipinski definition) is 4. The van der Waals surface area contributed by atoms with Crippen molar-refractivity contribution in [3.8, 4) is 5.75 Å². The first-order valence-corrected chi connectivity index (χ1v) is 11.9. The van der Waals surface area contributed by atoms with Crippen LogP contribution >= 0.6 is 11.6 Å². The largest absolute Gasteiger partial charge is 0.496 e. The number of nitrogens with one attached hydrogen (secondary N) is 1. The van der Waals surface area contributed by atoms with Gasteiger partial charge < -0.3 is 15.0 Å². The van der Waals surface area contributed by atoms with Crippen molar-refractivity contribution >= 4 is 40.0 Å². The molecule has 1 aliphatic carbocycles. The third kappa shape index (κ3) is 4.20. The molecule has 1 N–H and O–H groups in total. The van der Waals surface area contributed by atoms with Crippen LogP contribution in [0, 0.1) is 17.0 Å². The monoisotopic (exact) mass is 499 g/mol. The van der Waals surface area contributed by atoms with Gasteiger partial charge in [-0.05, 0) is 50.3 Å². The van der Waals surface area contributed by atoms with Crippen LogP contribution in [-0.4, -0.2) is 36.5 Å². The van der Waals surface area contributed by atoms with Crippen molar-refractivity contribution in [2.75, 3.05) is 18.6 Å². The molecular formula is C26H24ClF2N3O3. The van der Waals surface area contributed by atoms with E-state index in [2.05, 4.69) is 10.3 Å². The number of carbonyl (C=O) groups is 2. The molecule has 35 heavy (non-hydrogen) atoms. The van der Waals surface area contributed by atoms with E-state index in [-0.39, 0.29) is 34.3 Å². The molecule has 2 amide bonds. The van der Waals surface area contributed by atoms with Crippen LogP contribution in [0.15, 0.2) is 42.5 Å². The van der Waals surface area contributed by atoms with Crippen molar-refractivity contribution in [3.63, 3.8) is 0 Å². The highest BCUT2D eigenvalue weighted by atomic mass is 35.5. The van der Waals surface area contributed by atoms with Crippen LogP contribution < -0.4 is 15.0 Å². The Morgan fingerprint density at radius 1 is 1.14 bits per heavy atom. The quantitative estimate of drug-likeness (QED) is 0.496. The minimum Gasteiger partial charge on any atom is -0.496 e. The molecule has 3 aromatic rings. The fourth-order valence-corrected chi connectivity index (χ4v) is 5.49. The zero-order valence-corrected chi connectivity index (χ0v) is 19.9. The molecule has 2 fully saturated rings. The molecule has 0 unspecified atom stereocenters. The van der Waals surface area contributed by atoms with Crippen molar-refractivity contribution in [1.82, 2.24) is 10.3 Å². The van der Waals surface area contributed by atoms with Gasteiger partial charge in [0, 0.05) is 30.1 Å². The number of pyridine rings is 1. The molecular weight excluding hydrogens is 476 g/mol. The Labute approximate surface area is 206 Å². The SMILES string of the molecule is COc1cc(C(=O)N[C@H]2CC[C@@]3(CCN(c4cc(F)c(F)cc4Cl)C3=O)CC2)nc2ccccc12. The summed E-state index contributed by atoms with van der Waals surface area (Å²) >= 11 is 6.11. The molecule has 1 saturated carbocycles. The second-order valence-corrected chi connectivity index (χ2v) is 9.59. The maximum Gasteiger partial charge on any atom is 0.270 e. The first-order chi connectivity index (χ1) is 16.8. The van der Waals surface area contributed by atoms with Crippen LogP contribution in [0.2, 0.25) is 5.02 Å². The van der Waals surface area contributed by atoms with Crippen molar-refractivity contribution in [3.05, 3.63) is 64.8 Å². The number of rotatable bonds is 4. The van der Waals surface area contributed by atoms with Gasteiger partial charge in [-0.2, -0.15) is 0 Å². The van der Waals surface area contributed by atoms with Crippen molar-refractivity contribution in [2.45, 2.75) is 38.1 Å². The number of ether oxygens (including phenoxy) is 1. The zero-order valence-electron chi connectivity index (χ0n) is 19.1. The summed E-state index contributed by atoms with van der Waals surface area (Å²) in [5.74, 6) is -1.92. The normalized spacial score (nSPS) is 22.1. The van der Waals surface area contributed by atoms with E-state index in [4.69, 9.17) is 16.3 Å². The van der Waals surface area contributed by atoms with Gasteiger partial charge in [-0.1, -0.05) is 23.7 Å². The maximum atomic E-state index is 13.8. The number of nitrogens with zero attached hydrogens (tertiary/aromatic N) is 2. The summed E-state index contributed by atoms with van der Waals surface area (Å²) in [7, 11) is 1.56. The Bertz CT molecular complexity index is 1320. The number of amides is 2. The smallest absolute Gasteiger partial charge is 0.270 e. The highest BCUT2D eigenvalue weighted by Gasteiger charge is 2.49. The minimum atomic E-state index is -1.05. The number of aromatic nitrogens is 1. The van der Waals surface area contributed by atoms with E-state index >= 15 is 0 Å². The van der Waals surface area contributed by atoms with Gasteiger partial charge in [0.05, 0.1) is 28.8 Å². The number of carbonyl (C=O) groups excluding carboxylic acids is 2. The summed E-state index contributed by atoms with van der Waals surface area (Å²) < 4.78 is 32.7. The van der Waals surface area contributed by atoms with Gasteiger partial charge in [0.1, 0.15) is 11.4 Å². The molecule has 2 aromatic carbocycles. The van der Waals surface area contributed by atoms with Crippen molar-refractivity contribution < 1.29 is 23.1 Å². The topological polar surface area (TPSA) is 71.5 Å². The van der Waals surface area contributed by atoms with Gasteiger partial charge in [-0.15, -0.1) is 0 Å². The highest BCUT2D eigenvalue weighted by Crippen LogP contribution is 2.47. The summed E-state index contributed by atoms with van der Waals surface area (Å²) in [6.07, 6.45) is 3.03.